The normalized spacial score (nSPS) is 12.1. The number of aromatic nitrogens is 4. The quantitative estimate of drug-likeness (QED) is 0.408. The number of hydrogen-bond acceptors (Lipinski definition) is 4. The fraction of sp³-hybridized carbons (Fsp3) is 0.160. The van der Waals surface area contributed by atoms with E-state index < -0.39 is 0 Å². The van der Waals surface area contributed by atoms with Crippen molar-refractivity contribution in [3.63, 3.8) is 0 Å². The van der Waals surface area contributed by atoms with Crippen molar-refractivity contribution < 1.29 is 4.42 Å². The lowest BCUT2D eigenvalue weighted by atomic mass is 10.0. The van der Waals surface area contributed by atoms with Crippen LogP contribution in [-0.2, 0) is 0 Å². The summed E-state index contributed by atoms with van der Waals surface area (Å²) in [6, 6.07) is 13.0. The van der Waals surface area contributed by atoms with Gasteiger partial charge in [-0.05, 0) is 50.4 Å². The number of nitrogens with one attached hydrogen (secondary N) is 2. The minimum absolute atomic E-state index is 0.0914. The Morgan fingerprint density at radius 2 is 1.84 bits per heavy atom. The second kappa shape index (κ2) is 6.43. The van der Waals surface area contributed by atoms with Crippen LogP contribution in [0.1, 0.15) is 25.5 Å². The van der Waals surface area contributed by atoms with Gasteiger partial charge < -0.3 is 14.5 Å². The third-order valence-electron chi connectivity index (χ3n) is 6.10. The highest BCUT2D eigenvalue weighted by molar-refractivity contribution is 6.15. The van der Waals surface area contributed by atoms with Gasteiger partial charge in [0.15, 0.2) is 16.7 Å². The van der Waals surface area contributed by atoms with Crippen LogP contribution in [0.2, 0.25) is 0 Å². The van der Waals surface area contributed by atoms with Gasteiger partial charge in [-0.3, -0.25) is 14.3 Å². The van der Waals surface area contributed by atoms with Gasteiger partial charge in [0.25, 0.3) is 5.56 Å². The van der Waals surface area contributed by atoms with Gasteiger partial charge in [-0.15, -0.1) is 0 Å². The number of aryl methyl sites for hydroxylation is 1. The lowest BCUT2D eigenvalue weighted by Gasteiger charge is -2.10. The summed E-state index contributed by atoms with van der Waals surface area (Å²) in [4.78, 5) is 33.4. The first kappa shape index (κ1) is 18.6. The molecule has 0 aliphatic carbocycles. The van der Waals surface area contributed by atoms with Crippen LogP contribution in [0.5, 0.6) is 0 Å². The minimum Gasteiger partial charge on any atom is -0.453 e. The zero-order valence-electron chi connectivity index (χ0n) is 17.8. The second-order valence-corrected chi connectivity index (χ2v) is 8.41. The molecule has 2 aromatic carbocycles. The molecule has 7 nitrogen and oxygen atoms in total. The maximum Gasteiger partial charge on any atom is 0.256 e. The van der Waals surface area contributed by atoms with Crippen molar-refractivity contribution in [3.05, 3.63) is 74.8 Å². The minimum atomic E-state index is -0.212. The molecule has 0 amide bonds. The van der Waals surface area contributed by atoms with E-state index in [0.29, 0.717) is 33.4 Å². The second-order valence-electron chi connectivity index (χ2n) is 8.41. The van der Waals surface area contributed by atoms with Gasteiger partial charge >= 0.3 is 0 Å². The zero-order chi connectivity index (χ0) is 22.1. The summed E-state index contributed by atoms with van der Waals surface area (Å²) in [5, 5.41) is 5.72. The van der Waals surface area contributed by atoms with Gasteiger partial charge in [-0.2, -0.15) is 0 Å². The first-order valence-electron chi connectivity index (χ1n) is 10.5. The third-order valence-corrected chi connectivity index (χ3v) is 6.10. The highest BCUT2D eigenvalue weighted by atomic mass is 16.3. The summed E-state index contributed by atoms with van der Waals surface area (Å²) >= 11 is 0. The molecule has 0 saturated carbocycles. The van der Waals surface area contributed by atoms with Crippen molar-refractivity contribution >= 4 is 44.0 Å². The summed E-state index contributed by atoms with van der Waals surface area (Å²) in [6.07, 6.45) is 1.85. The van der Waals surface area contributed by atoms with E-state index in [2.05, 4.69) is 23.9 Å². The van der Waals surface area contributed by atoms with E-state index in [1.54, 1.807) is 13.0 Å². The number of hydrogen-bond donors (Lipinski definition) is 2. The van der Waals surface area contributed by atoms with Crippen LogP contribution in [0.4, 0.5) is 0 Å². The largest absolute Gasteiger partial charge is 0.453 e. The Morgan fingerprint density at radius 1 is 1.03 bits per heavy atom. The van der Waals surface area contributed by atoms with Crippen LogP contribution in [0, 0.1) is 6.92 Å². The van der Waals surface area contributed by atoms with Crippen LogP contribution in [0.15, 0.2) is 62.7 Å². The van der Waals surface area contributed by atoms with Crippen molar-refractivity contribution in [3.8, 4) is 11.1 Å². The molecule has 0 atom stereocenters. The molecular formula is C25H20N4O3. The predicted octanol–water partition coefficient (Wildman–Crippen LogP) is 5.02. The Labute approximate surface area is 181 Å². The Morgan fingerprint density at radius 3 is 2.66 bits per heavy atom. The molecule has 158 valence electrons. The van der Waals surface area contributed by atoms with Gasteiger partial charge in [0, 0.05) is 39.7 Å². The van der Waals surface area contributed by atoms with Crippen LogP contribution in [0.25, 0.3) is 55.1 Å². The predicted molar refractivity (Wildman–Crippen MR) is 126 cm³/mol. The van der Waals surface area contributed by atoms with Crippen molar-refractivity contribution in [1.29, 1.82) is 0 Å². The molecule has 0 aliphatic rings. The Bertz CT molecular complexity index is 1810. The van der Waals surface area contributed by atoms with Gasteiger partial charge in [0.1, 0.15) is 11.1 Å². The Balaban J connectivity index is 1.86. The van der Waals surface area contributed by atoms with Crippen LogP contribution in [-0.4, -0.2) is 19.7 Å². The number of aromatic amines is 2. The number of benzene rings is 2. The highest BCUT2D eigenvalue weighted by Gasteiger charge is 2.23. The average Bonchev–Trinajstić information content (AvgIpc) is 3.36. The highest BCUT2D eigenvalue weighted by Crippen LogP contribution is 2.39. The number of nitrogens with zero attached hydrogens (tertiary/aromatic N) is 2. The zero-order valence-corrected chi connectivity index (χ0v) is 17.8. The molecule has 0 spiro atoms. The summed E-state index contributed by atoms with van der Waals surface area (Å²) in [5.74, 6) is 0. The first-order valence-corrected chi connectivity index (χ1v) is 10.5. The molecule has 0 saturated heterocycles. The van der Waals surface area contributed by atoms with Crippen molar-refractivity contribution in [2.45, 2.75) is 26.8 Å². The summed E-state index contributed by atoms with van der Waals surface area (Å²) < 4.78 is 8.22. The molecule has 2 N–H and O–H groups in total. The fourth-order valence-corrected chi connectivity index (χ4v) is 4.45. The summed E-state index contributed by atoms with van der Waals surface area (Å²) in [7, 11) is 0. The molecule has 0 fully saturated rings. The van der Waals surface area contributed by atoms with Gasteiger partial charge in [0.2, 0.25) is 0 Å². The van der Waals surface area contributed by atoms with E-state index >= 15 is 0 Å². The van der Waals surface area contributed by atoms with E-state index in [0.717, 1.165) is 27.3 Å². The first-order chi connectivity index (χ1) is 15.4. The number of para-hydroxylation sites is 1. The van der Waals surface area contributed by atoms with Gasteiger partial charge in [-0.25, -0.2) is 4.98 Å². The standard InChI is InChI=1S/C25H20N4O3/c1-12(2)29-24-17(11-26-29)20(16-10-14-6-4-5-7-18(14)27-25(16)31)23-21(28-24)15-8-9-19(30)13(3)22(15)32-23/h4-12,26H,1-3H3,(H,27,31). The molecule has 0 bridgehead atoms. The molecule has 6 rings (SSSR count). The van der Waals surface area contributed by atoms with E-state index in [4.69, 9.17) is 9.40 Å². The molecule has 6 aromatic rings. The average molecular weight is 424 g/mol. The molecular weight excluding hydrogens is 404 g/mol. The van der Waals surface area contributed by atoms with E-state index in [1.165, 1.54) is 6.07 Å². The summed E-state index contributed by atoms with van der Waals surface area (Å²) in [6.45, 7) is 5.87. The summed E-state index contributed by atoms with van der Waals surface area (Å²) in [5.41, 5.74) is 4.51. The molecule has 7 heteroatoms. The van der Waals surface area contributed by atoms with E-state index in [-0.39, 0.29) is 17.0 Å². The molecule has 0 unspecified atom stereocenters. The number of fused-ring (bicyclic) bond motifs is 5. The number of furan rings is 1. The maximum absolute atomic E-state index is 13.2. The molecule has 0 aliphatic heterocycles. The van der Waals surface area contributed by atoms with Gasteiger partial charge in [-0.1, -0.05) is 18.2 Å². The lowest BCUT2D eigenvalue weighted by molar-refractivity contribution is 0.547. The third kappa shape index (κ3) is 2.45. The number of H-pyrrole nitrogens is 2. The maximum atomic E-state index is 13.2. The smallest absolute Gasteiger partial charge is 0.256 e. The van der Waals surface area contributed by atoms with E-state index in [1.807, 2.05) is 41.2 Å². The number of rotatable bonds is 2. The van der Waals surface area contributed by atoms with Crippen molar-refractivity contribution in [2.24, 2.45) is 0 Å². The molecule has 0 radical (unpaired) electrons. The van der Waals surface area contributed by atoms with Crippen molar-refractivity contribution in [2.75, 3.05) is 0 Å². The fourth-order valence-electron chi connectivity index (χ4n) is 4.45. The Hall–Kier alpha value is -4.13. The van der Waals surface area contributed by atoms with Gasteiger partial charge in [0.05, 0.1) is 5.56 Å². The topological polar surface area (TPSA) is 96.7 Å². The molecule has 32 heavy (non-hydrogen) atoms. The van der Waals surface area contributed by atoms with Crippen LogP contribution in [0.3, 0.4) is 0 Å². The Kier molecular flexibility index (Phi) is 3.74. The monoisotopic (exact) mass is 424 g/mol. The van der Waals surface area contributed by atoms with Crippen LogP contribution >= 0.6 is 0 Å². The molecule has 4 aromatic heterocycles. The SMILES string of the molecule is Cc1c(=O)ccc2c1oc1c(-c3cc4ccccc4[nH]c3=O)c3c[nH]n(C(C)C)c3nc12. The van der Waals surface area contributed by atoms with Crippen LogP contribution < -0.4 is 11.0 Å². The van der Waals surface area contributed by atoms with E-state index in [9.17, 15) is 9.59 Å². The number of pyridine rings is 2. The lowest BCUT2D eigenvalue weighted by Crippen LogP contribution is -2.09. The molecule has 4 heterocycles. The van der Waals surface area contributed by atoms with Crippen molar-refractivity contribution in [1.82, 2.24) is 19.7 Å².